The Labute approximate surface area is 116 Å². The zero-order valence-electron chi connectivity index (χ0n) is 11.5. The largest absolute Gasteiger partial charge is 0.458 e. The van der Waals surface area contributed by atoms with Crippen molar-refractivity contribution in [3.63, 3.8) is 0 Å². The van der Waals surface area contributed by atoms with Crippen LogP contribution in [0.2, 0.25) is 0 Å². The van der Waals surface area contributed by atoms with E-state index in [0.717, 1.165) is 0 Å². The predicted octanol–water partition coefficient (Wildman–Crippen LogP) is 0.161. The van der Waals surface area contributed by atoms with Crippen molar-refractivity contribution in [2.75, 3.05) is 0 Å². The van der Waals surface area contributed by atoms with Gasteiger partial charge in [0.2, 0.25) is 12.4 Å². The minimum absolute atomic E-state index is 0.145. The second-order valence-electron chi connectivity index (χ2n) is 4.23. The van der Waals surface area contributed by atoms with Crippen LogP contribution in [0.1, 0.15) is 27.2 Å². The van der Waals surface area contributed by atoms with Crippen molar-refractivity contribution in [3.05, 3.63) is 0 Å². The normalized spacial score (nSPS) is 28.9. The number of hydrogen-bond acceptors (Lipinski definition) is 7. The highest BCUT2D eigenvalue weighted by Gasteiger charge is 2.44. The van der Waals surface area contributed by atoms with Crippen LogP contribution < -0.4 is 0 Å². The van der Waals surface area contributed by atoms with Crippen LogP contribution in [0.5, 0.6) is 0 Å². The molecule has 0 saturated carbocycles. The Morgan fingerprint density at radius 1 is 1.05 bits per heavy atom. The highest BCUT2D eigenvalue weighted by atomic mass is 16.7. The summed E-state index contributed by atoms with van der Waals surface area (Å²) in [4.78, 5) is 33.3. The third-order valence-electron chi connectivity index (χ3n) is 2.47. The van der Waals surface area contributed by atoms with Crippen molar-refractivity contribution in [2.24, 2.45) is 0 Å². The maximum atomic E-state index is 11.1. The summed E-state index contributed by atoms with van der Waals surface area (Å²) >= 11 is 0. The zero-order valence-corrected chi connectivity index (χ0v) is 11.5. The molecule has 0 N–H and O–H groups in total. The first kappa shape index (κ1) is 16.0. The first-order valence-electron chi connectivity index (χ1n) is 5.96. The van der Waals surface area contributed by atoms with Gasteiger partial charge in [-0.2, -0.15) is 0 Å². The van der Waals surface area contributed by atoms with Crippen molar-refractivity contribution in [2.45, 2.75) is 51.8 Å². The highest BCUT2D eigenvalue weighted by molar-refractivity contribution is 5.68. The summed E-state index contributed by atoms with van der Waals surface area (Å²) < 4.78 is 20.3. The van der Waals surface area contributed by atoms with Crippen molar-refractivity contribution in [1.29, 1.82) is 0 Å². The van der Waals surface area contributed by atoms with Gasteiger partial charge in [0.15, 0.2) is 0 Å². The fourth-order valence-electron chi connectivity index (χ4n) is 1.83. The molecule has 0 radical (unpaired) electrons. The van der Waals surface area contributed by atoms with E-state index in [1.54, 1.807) is 0 Å². The molecule has 20 heavy (non-hydrogen) atoms. The molecular weight excluding hydrogens is 268 g/mol. The van der Waals surface area contributed by atoms with E-state index in [4.69, 9.17) is 25.4 Å². The Hall–Kier alpha value is -2.07. The smallest absolute Gasteiger partial charge is 0.305 e. The van der Waals surface area contributed by atoms with Gasteiger partial charge >= 0.3 is 17.9 Å². The molecule has 0 aliphatic carbocycles. The second kappa shape index (κ2) is 6.91. The van der Waals surface area contributed by atoms with Crippen LogP contribution in [0.4, 0.5) is 0 Å². The van der Waals surface area contributed by atoms with Crippen LogP contribution in [-0.2, 0) is 33.3 Å². The van der Waals surface area contributed by atoms with E-state index in [0.29, 0.717) is 0 Å². The topological polar surface area (TPSA) is 88.1 Å². The van der Waals surface area contributed by atoms with Crippen LogP contribution in [0.3, 0.4) is 0 Å². The number of rotatable bonds is 3. The Balaban J connectivity index is 2.96. The van der Waals surface area contributed by atoms with Crippen molar-refractivity contribution >= 4 is 17.9 Å². The maximum absolute atomic E-state index is 11.1. The third-order valence-corrected chi connectivity index (χ3v) is 2.47. The van der Waals surface area contributed by atoms with Crippen LogP contribution >= 0.6 is 0 Å². The number of carbonyl (C=O) groups is 3. The molecule has 0 amide bonds. The molecule has 1 heterocycles. The van der Waals surface area contributed by atoms with E-state index in [1.807, 2.05) is 0 Å². The second-order valence-corrected chi connectivity index (χ2v) is 4.23. The van der Waals surface area contributed by atoms with Crippen LogP contribution in [0, 0.1) is 12.3 Å². The Kier molecular flexibility index (Phi) is 5.53. The molecule has 7 nitrogen and oxygen atoms in total. The van der Waals surface area contributed by atoms with E-state index >= 15 is 0 Å². The number of ether oxygens (including phenoxy) is 4. The maximum Gasteiger partial charge on any atom is 0.305 e. The van der Waals surface area contributed by atoms with E-state index in [9.17, 15) is 14.4 Å². The molecule has 1 aliphatic rings. The van der Waals surface area contributed by atoms with Gasteiger partial charge in [0, 0.05) is 27.2 Å². The molecule has 1 saturated heterocycles. The number of esters is 3. The monoisotopic (exact) mass is 284 g/mol. The number of terminal acetylenes is 1. The summed E-state index contributed by atoms with van der Waals surface area (Å²) in [5, 5.41) is 0. The van der Waals surface area contributed by atoms with E-state index < -0.39 is 42.5 Å². The minimum atomic E-state index is -1.21. The van der Waals surface area contributed by atoms with Crippen molar-refractivity contribution < 1.29 is 33.3 Å². The average Bonchev–Trinajstić information content (AvgIpc) is 2.30. The fraction of sp³-hybridized carbons (Fsp3) is 0.615. The lowest BCUT2D eigenvalue weighted by atomic mass is 10.0. The van der Waals surface area contributed by atoms with E-state index in [1.165, 1.54) is 20.8 Å². The third kappa shape index (κ3) is 4.55. The number of carbonyl (C=O) groups excluding carboxylic acids is 3. The SMILES string of the molecule is C#CC1C[C@@H](OC(C)=O)[C@H](OC(C)=O)[C@@H](OC(C)=O)O1. The summed E-state index contributed by atoms with van der Waals surface area (Å²) in [7, 11) is 0. The van der Waals surface area contributed by atoms with Gasteiger partial charge in [0.25, 0.3) is 0 Å². The fourth-order valence-corrected chi connectivity index (χ4v) is 1.83. The highest BCUT2D eigenvalue weighted by Crippen LogP contribution is 2.26. The quantitative estimate of drug-likeness (QED) is 0.414. The Morgan fingerprint density at radius 3 is 2.05 bits per heavy atom. The molecule has 7 heteroatoms. The Morgan fingerprint density at radius 2 is 1.60 bits per heavy atom. The lowest BCUT2D eigenvalue weighted by molar-refractivity contribution is -0.258. The summed E-state index contributed by atoms with van der Waals surface area (Å²) in [6.45, 7) is 3.57. The molecule has 1 fully saturated rings. The molecule has 0 aromatic rings. The van der Waals surface area contributed by atoms with Crippen molar-refractivity contribution in [3.8, 4) is 12.3 Å². The summed E-state index contributed by atoms with van der Waals surface area (Å²) in [6, 6.07) is 0. The molecule has 0 aromatic heterocycles. The predicted molar refractivity (Wildman–Crippen MR) is 65.0 cm³/mol. The average molecular weight is 284 g/mol. The molecule has 0 aromatic carbocycles. The molecule has 0 bridgehead atoms. The lowest BCUT2D eigenvalue weighted by Crippen LogP contribution is -2.53. The molecule has 4 atom stereocenters. The van der Waals surface area contributed by atoms with Gasteiger partial charge in [-0.1, -0.05) is 5.92 Å². The lowest BCUT2D eigenvalue weighted by Gasteiger charge is -2.37. The summed E-state index contributed by atoms with van der Waals surface area (Å²) in [5.74, 6) is 0.524. The first-order valence-corrected chi connectivity index (χ1v) is 5.96. The van der Waals surface area contributed by atoms with Gasteiger partial charge in [-0.25, -0.2) is 0 Å². The van der Waals surface area contributed by atoms with Gasteiger partial charge in [-0.3, -0.25) is 14.4 Å². The van der Waals surface area contributed by atoms with Crippen molar-refractivity contribution in [1.82, 2.24) is 0 Å². The van der Waals surface area contributed by atoms with Crippen LogP contribution in [0.15, 0.2) is 0 Å². The molecule has 1 unspecified atom stereocenters. The van der Waals surface area contributed by atoms with E-state index in [2.05, 4.69) is 5.92 Å². The molecule has 110 valence electrons. The summed E-state index contributed by atoms with van der Waals surface area (Å²) in [5.41, 5.74) is 0. The van der Waals surface area contributed by atoms with Gasteiger partial charge in [-0.05, 0) is 0 Å². The zero-order chi connectivity index (χ0) is 15.3. The van der Waals surface area contributed by atoms with Crippen LogP contribution in [0.25, 0.3) is 0 Å². The van der Waals surface area contributed by atoms with Gasteiger partial charge < -0.3 is 18.9 Å². The van der Waals surface area contributed by atoms with Gasteiger partial charge in [0.05, 0.1) is 0 Å². The van der Waals surface area contributed by atoms with Gasteiger partial charge in [0.1, 0.15) is 12.2 Å². The van der Waals surface area contributed by atoms with E-state index in [-0.39, 0.29) is 6.42 Å². The van der Waals surface area contributed by atoms with Crippen LogP contribution in [-0.4, -0.2) is 42.5 Å². The number of hydrogen-bond donors (Lipinski definition) is 0. The minimum Gasteiger partial charge on any atom is -0.458 e. The molecule has 0 spiro atoms. The van der Waals surface area contributed by atoms with Gasteiger partial charge in [-0.15, -0.1) is 6.42 Å². The Bertz CT molecular complexity index is 410. The summed E-state index contributed by atoms with van der Waals surface area (Å²) in [6.07, 6.45) is 1.60. The first-order chi connectivity index (χ1) is 9.33. The molecule has 1 aliphatic heterocycles. The molecule has 1 rings (SSSR count). The molecular formula is C13H16O7. The standard InChI is InChI=1S/C13H16O7/c1-5-10-6-11(17-7(2)14)12(18-8(3)15)13(20-10)19-9(4)16/h1,10-13H,6H2,2-4H3/t10?,11-,12+,13+/m1/s1.